The molecular weight excluding hydrogens is 490 g/mol. The summed E-state index contributed by atoms with van der Waals surface area (Å²) in [5.41, 5.74) is 11.1. The standard InChI is InChI=1S/C26H25N7OS2/c27-18-5-1-2-6-19(18)29-25(34)22-8-10-24(36-22)31-26-30-20(16-35-26)21-13-28-23-9-7-17(15-33(21)23)14-32-11-3-4-12-32/h1-2,5-10,13,15-16H,3-4,11-12,14,27H2,(H,29,34)(H,30,31). The quantitative estimate of drug-likeness (QED) is 0.241. The van der Waals surface area contributed by atoms with E-state index >= 15 is 0 Å². The molecule has 0 bridgehead atoms. The number of nitrogens with zero attached hydrogens (tertiary/aromatic N) is 4. The van der Waals surface area contributed by atoms with Gasteiger partial charge in [-0.1, -0.05) is 18.2 Å². The molecule has 5 aromatic rings. The van der Waals surface area contributed by atoms with Crippen molar-refractivity contribution in [3.63, 3.8) is 0 Å². The number of para-hydroxylation sites is 2. The number of benzene rings is 1. The lowest BCUT2D eigenvalue weighted by Gasteiger charge is -2.14. The maximum atomic E-state index is 12.6. The second kappa shape index (κ2) is 9.73. The molecule has 0 spiro atoms. The van der Waals surface area contributed by atoms with E-state index in [2.05, 4.69) is 43.2 Å². The van der Waals surface area contributed by atoms with Crippen molar-refractivity contribution in [2.24, 2.45) is 0 Å². The summed E-state index contributed by atoms with van der Waals surface area (Å²) in [4.78, 5) is 25.1. The first-order valence-electron chi connectivity index (χ1n) is 11.8. The number of nitrogens with one attached hydrogen (secondary N) is 2. The largest absolute Gasteiger partial charge is 0.397 e. The van der Waals surface area contributed by atoms with E-state index in [9.17, 15) is 4.79 Å². The molecule has 1 saturated heterocycles. The predicted molar refractivity (Wildman–Crippen MR) is 147 cm³/mol. The van der Waals surface area contributed by atoms with Gasteiger partial charge in [0.1, 0.15) is 11.3 Å². The number of aromatic nitrogens is 3. The minimum Gasteiger partial charge on any atom is -0.397 e. The molecule has 1 aliphatic rings. The third-order valence-electron chi connectivity index (χ3n) is 6.21. The summed E-state index contributed by atoms with van der Waals surface area (Å²) in [5.74, 6) is -0.193. The maximum Gasteiger partial charge on any atom is 0.265 e. The van der Waals surface area contributed by atoms with Crippen LogP contribution in [0.2, 0.25) is 0 Å². The van der Waals surface area contributed by atoms with Crippen molar-refractivity contribution in [2.45, 2.75) is 19.4 Å². The molecule has 0 atom stereocenters. The van der Waals surface area contributed by atoms with Crippen molar-refractivity contribution in [1.82, 2.24) is 19.3 Å². The Kier molecular flexibility index (Phi) is 6.14. The van der Waals surface area contributed by atoms with Gasteiger partial charge in [-0.25, -0.2) is 9.97 Å². The minimum atomic E-state index is -0.193. The van der Waals surface area contributed by atoms with Crippen LogP contribution in [-0.2, 0) is 6.54 Å². The number of hydrogen-bond donors (Lipinski definition) is 3. The summed E-state index contributed by atoms with van der Waals surface area (Å²) < 4.78 is 2.12. The van der Waals surface area contributed by atoms with E-state index in [1.54, 1.807) is 18.2 Å². The van der Waals surface area contributed by atoms with Gasteiger partial charge in [-0.15, -0.1) is 22.7 Å². The molecule has 0 saturated carbocycles. The molecule has 6 rings (SSSR count). The third kappa shape index (κ3) is 4.70. The van der Waals surface area contributed by atoms with Crippen LogP contribution in [0.1, 0.15) is 28.1 Å². The second-order valence-electron chi connectivity index (χ2n) is 8.76. The Labute approximate surface area is 216 Å². The van der Waals surface area contributed by atoms with Crippen molar-refractivity contribution < 1.29 is 4.79 Å². The molecule has 0 unspecified atom stereocenters. The van der Waals surface area contributed by atoms with E-state index in [4.69, 9.17) is 10.7 Å². The van der Waals surface area contributed by atoms with Crippen LogP contribution >= 0.6 is 22.7 Å². The Morgan fingerprint density at radius 3 is 2.81 bits per heavy atom. The highest BCUT2D eigenvalue weighted by molar-refractivity contribution is 7.19. The molecule has 0 aliphatic carbocycles. The van der Waals surface area contributed by atoms with E-state index in [1.807, 2.05) is 29.8 Å². The Morgan fingerprint density at radius 1 is 1.08 bits per heavy atom. The highest BCUT2D eigenvalue weighted by Gasteiger charge is 2.15. The predicted octanol–water partition coefficient (Wildman–Crippen LogP) is 5.69. The van der Waals surface area contributed by atoms with Crippen molar-refractivity contribution in [3.05, 3.63) is 76.7 Å². The second-order valence-corrected chi connectivity index (χ2v) is 10.7. The van der Waals surface area contributed by atoms with Crippen molar-refractivity contribution in [1.29, 1.82) is 0 Å². The van der Waals surface area contributed by atoms with Crippen LogP contribution in [0.3, 0.4) is 0 Å². The van der Waals surface area contributed by atoms with Crippen molar-refractivity contribution in [3.8, 4) is 11.4 Å². The SMILES string of the molecule is Nc1ccccc1NC(=O)c1ccc(Nc2nc(-c3cnc4ccc(CN5CCCC5)cn34)cs2)s1. The highest BCUT2D eigenvalue weighted by Crippen LogP contribution is 2.31. The lowest BCUT2D eigenvalue weighted by Crippen LogP contribution is -2.18. The van der Waals surface area contributed by atoms with Crippen LogP contribution < -0.4 is 16.4 Å². The van der Waals surface area contributed by atoms with Crippen LogP contribution in [0.25, 0.3) is 17.0 Å². The number of thiophene rings is 1. The molecule has 36 heavy (non-hydrogen) atoms. The van der Waals surface area contributed by atoms with Gasteiger partial charge in [-0.05, 0) is 61.8 Å². The fourth-order valence-electron chi connectivity index (χ4n) is 4.38. The first-order valence-corrected chi connectivity index (χ1v) is 13.5. The van der Waals surface area contributed by atoms with Crippen molar-refractivity contribution >= 4 is 55.7 Å². The number of carbonyl (C=O) groups is 1. The van der Waals surface area contributed by atoms with Gasteiger partial charge in [0.2, 0.25) is 0 Å². The Bertz CT molecular complexity index is 1530. The zero-order valence-electron chi connectivity index (χ0n) is 19.5. The number of rotatable bonds is 7. The summed E-state index contributed by atoms with van der Waals surface area (Å²) in [7, 11) is 0. The number of hydrogen-bond acceptors (Lipinski definition) is 8. The van der Waals surface area contributed by atoms with E-state index in [0.29, 0.717) is 16.3 Å². The van der Waals surface area contributed by atoms with Gasteiger partial charge in [-0.3, -0.25) is 14.1 Å². The van der Waals surface area contributed by atoms with Gasteiger partial charge in [0.25, 0.3) is 5.91 Å². The van der Waals surface area contributed by atoms with Gasteiger partial charge >= 0.3 is 0 Å². The fourth-order valence-corrected chi connectivity index (χ4v) is 5.96. The molecule has 1 amide bonds. The molecule has 1 fully saturated rings. The number of nitrogen functional groups attached to an aromatic ring is 1. The van der Waals surface area contributed by atoms with Gasteiger partial charge < -0.3 is 16.4 Å². The summed E-state index contributed by atoms with van der Waals surface area (Å²) in [5, 5.41) is 9.82. The van der Waals surface area contributed by atoms with E-state index in [1.165, 1.54) is 54.2 Å². The van der Waals surface area contributed by atoms with Gasteiger partial charge in [0.05, 0.1) is 33.1 Å². The zero-order valence-corrected chi connectivity index (χ0v) is 21.1. The number of likely N-dealkylation sites (tertiary alicyclic amines) is 1. The number of imidazole rings is 1. The molecule has 1 aromatic carbocycles. The monoisotopic (exact) mass is 515 g/mol. The molecule has 8 nitrogen and oxygen atoms in total. The lowest BCUT2D eigenvalue weighted by atomic mass is 10.2. The normalized spacial score (nSPS) is 13.9. The average Bonchev–Trinajstić information content (AvgIpc) is 3.68. The zero-order chi connectivity index (χ0) is 24.5. The summed E-state index contributed by atoms with van der Waals surface area (Å²) >= 11 is 2.89. The molecule has 1 aliphatic heterocycles. The molecule has 10 heteroatoms. The van der Waals surface area contributed by atoms with Crippen LogP contribution in [0.4, 0.5) is 21.5 Å². The molecule has 5 heterocycles. The van der Waals surface area contributed by atoms with Crippen molar-refractivity contribution in [2.75, 3.05) is 29.5 Å². The number of thiazole rings is 1. The first-order chi connectivity index (χ1) is 17.6. The highest BCUT2D eigenvalue weighted by atomic mass is 32.1. The molecule has 4 aromatic heterocycles. The molecule has 4 N–H and O–H groups in total. The Morgan fingerprint density at radius 2 is 1.94 bits per heavy atom. The van der Waals surface area contributed by atoms with E-state index in [-0.39, 0.29) is 5.91 Å². The number of pyridine rings is 1. The first kappa shape index (κ1) is 22.7. The molecule has 182 valence electrons. The lowest BCUT2D eigenvalue weighted by molar-refractivity contribution is 0.103. The topological polar surface area (TPSA) is 101 Å². The molecule has 0 radical (unpaired) electrons. The van der Waals surface area contributed by atoms with Crippen LogP contribution in [-0.4, -0.2) is 38.3 Å². The number of carbonyl (C=O) groups excluding carboxylic acids is 1. The Hall–Kier alpha value is -3.73. The number of anilines is 4. The fraction of sp³-hybridized carbons (Fsp3) is 0.192. The van der Waals surface area contributed by atoms with E-state index < -0.39 is 0 Å². The minimum absolute atomic E-state index is 0.193. The summed E-state index contributed by atoms with van der Waals surface area (Å²) in [6.07, 6.45) is 6.61. The smallest absolute Gasteiger partial charge is 0.265 e. The molecular formula is C26H25N7OS2. The van der Waals surface area contributed by atoms with Crippen LogP contribution in [0.15, 0.2) is 66.3 Å². The van der Waals surface area contributed by atoms with Gasteiger partial charge in [-0.2, -0.15) is 0 Å². The summed E-state index contributed by atoms with van der Waals surface area (Å²) in [6.45, 7) is 3.30. The van der Waals surface area contributed by atoms with Gasteiger partial charge in [0.15, 0.2) is 5.13 Å². The number of amides is 1. The number of nitrogens with two attached hydrogens (primary N) is 1. The van der Waals surface area contributed by atoms with Crippen LogP contribution in [0.5, 0.6) is 0 Å². The van der Waals surface area contributed by atoms with E-state index in [0.717, 1.165) is 33.7 Å². The summed E-state index contributed by atoms with van der Waals surface area (Å²) in [6, 6.07) is 15.1. The third-order valence-corrected chi connectivity index (χ3v) is 7.96. The number of fused-ring (bicyclic) bond motifs is 1. The Balaban J connectivity index is 1.16. The maximum absolute atomic E-state index is 12.6. The van der Waals surface area contributed by atoms with Gasteiger partial charge in [0, 0.05) is 18.1 Å². The average molecular weight is 516 g/mol. The van der Waals surface area contributed by atoms with Crippen LogP contribution in [0, 0.1) is 0 Å².